The largest absolute Gasteiger partial charge is 0.513 e. The molecule has 0 aliphatic rings. The lowest BCUT2D eigenvalue weighted by atomic mass is 10.2. The molecule has 0 unspecified atom stereocenters. The van der Waals surface area contributed by atoms with E-state index in [4.69, 9.17) is 4.74 Å². The van der Waals surface area contributed by atoms with Crippen molar-refractivity contribution in [3.63, 3.8) is 0 Å². The quantitative estimate of drug-likeness (QED) is 0.703. The van der Waals surface area contributed by atoms with Gasteiger partial charge in [0.05, 0.1) is 7.11 Å². The Balaban J connectivity index is 2.38. The molecular weight excluding hydrogens is 182 g/mol. The number of aromatic nitrogens is 1. The van der Waals surface area contributed by atoms with Crippen LogP contribution in [-0.2, 0) is 4.74 Å². The molecular formula is C10H9NO3. The first-order valence-corrected chi connectivity index (χ1v) is 4.13. The van der Waals surface area contributed by atoms with E-state index in [2.05, 4.69) is 9.72 Å². The zero-order valence-electron chi connectivity index (χ0n) is 7.61. The summed E-state index contributed by atoms with van der Waals surface area (Å²) in [5.74, 6) is 0.479. The number of fused-ring (bicyclic) bond motifs is 1. The number of carbonyl (C=O) groups is 1. The second kappa shape index (κ2) is 3.41. The first-order valence-electron chi connectivity index (χ1n) is 4.13. The highest BCUT2D eigenvalue weighted by atomic mass is 16.7. The van der Waals surface area contributed by atoms with Crippen LogP contribution < -0.4 is 4.74 Å². The molecule has 0 bridgehead atoms. The maximum absolute atomic E-state index is 10.9. The normalized spacial score (nSPS) is 10.1. The summed E-state index contributed by atoms with van der Waals surface area (Å²) in [7, 11) is 1.27. The van der Waals surface area contributed by atoms with E-state index in [1.54, 1.807) is 6.20 Å². The highest BCUT2D eigenvalue weighted by Gasteiger charge is 2.08. The topological polar surface area (TPSA) is 51.3 Å². The third-order valence-electron chi connectivity index (χ3n) is 1.91. The zero-order chi connectivity index (χ0) is 9.97. The summed E-state index contributed by atoms with van der Waals surface area (Å²) in [6.07, 6.45) is 0.913. The first kappa shape index (κ1) is 8.62. The number of methoxy groups -OCH3 is 1. The molecule has 4 heteroatoms. The average molecular weight is 191 g/mol. The van der Waals surface area contributed by atoms with Crippen LogP contribution in [0.1, 0.15) is 0 Å². The van der Waals surface area contributed by atoms with Crippen molar-refractivity contribution >= 4 is 17.1 Å². The molecule has 0 saturated heterocycles. The van der Waals surface area contributed by atoms with Crippen LogP contribution in [0.15, 0.2) is 30.5 Å². The minimum absolute atomic E-state index is 0.479. The van der Waals surface area contributed by atoms with Gasteiger partial charge >= 0.3 is 6.16 Å². The summed E-state index contributed by atoms with van der Waals surface area (Å²) >= 11 is 0. The van der Waals surface area contributed by atoms with Crippen LogP contribution in [0.5, 0.6) is 5.75 Å². The average Bonchev–Trinajstić information content (AvgIpc) is 2.62. The molecule has 1 aromatic heterocycles. The van der Waals surface area contributed by atoms with Crippen molar-refractivity contribution in [1.82, 2.24) is 4.98 Å². The van der Waals surface area contributed by atoms with Crippen LogP contribution in [0.4, 0.5) is 4.79 Å². The van der Waals surface area contributed by atoms with Crippen molar-refractivity contribution in [1.29, 1.82) is 0 Å². The Kier molecular flexibility index (Phi) is 2.10. The Morgan fingerprint density at radius 3 is 2.93 bits per heavy atom. The SMILES string of the molecule is COC(=O)Oc1c[nH]c2ccccc12. The smallest absolute Gasteiger partial charge is 0.437 e. The van der Waals surface area contributed by atoms with Crippen LogP contribution in [0, 0.1) is 0 Å². The van der Waals surface area contributed by atoms with E-state index in [0.717, 1.165) is 10.9 Å². The lowest BCUT2D eigenvalue weighted by Crippen LogP contribution is -2.06. The van der Waals surface area contributed by atoms with Gasteiger partial charge in [0.25, 0.3) is 0 Å². The summed E-state index contributed by atoms with van der Waals surface area (Å²) in [5.41, 5.74) is 0.923. The second-order valence-electron chi connectivity index (χ2n) is 2.75. The summed E-state index contributed by atoms with van der Waals surface area (Å²) in [4.78, 5) is 13.8. The predicted octanol–water partition coefficient (Wildman–Crippen LogP) is 2.31. The standard InChI is InChI=1S/C10H9NO3/c1-13-10(12)14-9-6-11-8-5-3-2-4-7(8)9/h2-6,11H,1H3. The van der Waals surface area contributed by atoms with Crippen molar-refractivity contribution < 1.29 is 14.3 Å². The Bertz CT molecular complexity index is 461. The maximum atomic E-state index is 10.9. The molecule has 0 spiro atoms. The Hall–Kier alpha value is -1.97. The summed E-state index contributed by atoms with van der Waals surface area (Å²) in [6.45, 7) is 0. The second-order valence-corrected chi connectivity index (χ2v) is 2.75. The van der Waals surface area contributed by atoms with Crippen LogP contribution >= 0.6 is 0 Å². The van der Waals surface area contributed by atoms with Gasteiger partial charge in [0, 0.05) is 17.1 Å². The fourth-order valence-electron chi connectivity index (χ4n) is 1.26. The van der Waals surface area contributed by atoms with E-state index in [0.29, 0.717) is 5.75 Å². The van der Waals surface area contributed by atoms with Gasteiger partial charge in [-0.3, -0.25) is 0 Å². The maximum Gasteiger partial charge on any atom is 0.513 e. The van der Waals surface area contributed by atoms with Crippen molar-refractivity contribution in [2.45, 2.75) is 0 Å². The van der Waals surface area contributed by atoms with Gasteiger partial charge in [-0.1, -0.05) is 12.1 Å². The third-order valence-corrected chi connectivity index (χ3v) is 1.91. The number of rotatable bonds is 1. The van der Waals surface area contributed by atoms with Gasteiger partial charge in [-0.05, 0) is 12.1 Å². The molecule has 72 valence electrons. The molecule has 4 nitrogen and oxygen atoms in total. The molecule has 0 amide bonds. The molecule has 0 aliphatic heterocycles. The number of benzene rings is 1. The van der Waals surface area contributed by atoms with E-state index in [1.807, 2.05) is 24.3 Å². The minimum Gasteiger partial charge on any atom is -0.437 e. The third kappa shape index (κ3) is 1.42. The summed E-state index contributed by atoms with van der Waals surface area (Å²) < 4.78 is 9.32. The lowest BCUT2D eigenvalue weighted by molar-refractivity contribution is 0.122. The minimum atomic E-state index is -0.713. The molecule has 14 heavy (non-hydrogen) atoms. The van der Waals surface area contributed by atoms with Gasteiger partial charge in [-0.15, -0.1) is 0 Å². The van der Waals surface area contributed by atoms with E-state index in [9.17, 15) is 4.79 Å². The van der Waals surface area contributed by atoms with E-state index < -0.39 is 6.16 Å². The molecule has 2 aromatic rings. The van der Waals surface area contributed by atoms with Crippen LogP contribution in [0.2, 0.25) is 0 Å². The summed E-state index contributed by atoms with van der Waals surface area (Å²) in [6, 6.07) is 7.55. The van der Waals surface area contributed by atoms with Gasteiger partial charge in [-0.25, -0.2) is 4.79 Å². The number of carbonyl (C=O) groups excluding carboxylic acids is 1. The Labute approximate surface area is 80.4 Å². The van der Waals surface area contributed by atoms with Gasteiger partial charge in [-0.2, -0.15) is 0 Å². The number of nitrogens with one attached hydrogen (secondary N) is 1. The van der Waals surface area contributed by atoms with Crippen LogP contribution in [0.25, 0.3) is 10.9 Å². The first-order chi connectivity index (χ1) is 6.81. The number of hydrogen-bond acceptors (Lipinski definition) is 3. The Morgan fingerprint density at radius 1 is 1.36 bits per heavy atom. The molecule has 2 rings (SSSR count). The monoisotopic (exact) mass is 191 g/mol. The number of ether oxygens (including phenoxy) is 2. The Morgan fingerprint density at radius 2 is 2.14 bits per heavy atom. The van der Waals surface area contributed by atoms with Crippen molar-refractivity contribution in [2.24, 2.45) is 0 Å². The number of H-pyrrole nitrogens is 1. The summed E-state index contributed by atoms with van der Waals surface area (Å²) in [5, 5.41) is 0.859. The fourth-order valence-corrected chi connectivity index (χ4v) is 1.26. The van der Waals surface area contributed by atoms with E-state index in [1.165, 1.54) is 7.11 Å². The fraction of sp³-hybridized carbons (Fsp3) is 0.100. The highest BCUT2D eigenvalue weighted by molar-refractivity contribution is 5.87. The van der Waals surface area contributed by atoms with Gasteiger partial charge in [0.15, 0.2) is 5.75 Å². The van der Waals surface area contributed by atoms with Crippen molar-refractivity contribution in [2.75, 3.05) is 7.11 Å². The predicted molar refractivity (Wildman–Crippen MR) is 51.3 cm³/mol. The molecule has 0 aliphatic carbocycles. The van der Waals surface area contributed by atoms with Crippen molar-refractivity contribution in [3.05, 3.63) is 30.5 Å². The van der Waals surface area contributed by atoms with Crippen LogP contribution in [0.3, 0.4) is 0 Å². The molecule has 0 fully saturated rings. The molecule has 1 N–H and O–H groups in total. The van der Waals surface area contributed by atoms with Gasteiger partial charge < -0.3 is 14.5 Å². The van der Waals surface area contributed by atoms with Crippen LogP contribution in [-0.4, -0.2) is 18.2 Å². The van der Waals surface area contributed by atoms with E-state index >= 15 is 0 Å². The molecule has 0 atom stereocenters. The molecule has 0 saturated carbocycles. The molecule has 1 heterocycles. The zero-order valence-corrected chi connectivity index (χ0v) is 7.61. The molecule has 1 aromatic carbocycles. The van der Waals surface area contributed by atoms with E-state index in [-0.39, 0.29) is 0 Å². The number of hydrogen-bond donors (Lipinski definition) is 1. The lowest BCUT2D eigenvalue weighted by Gasteiger charge is -1.99. The molecule has 0 radical (unpaired) electrons. The van der Waals surface area contributed by atoms with Gasteiger partial charge in [0.1, 0.15) is 0 Å². The highest BCUT2D eigenvalue weighted by Crippen LogP contribution is 2.24. The number of aromatic amines is 1. The van der Waals surface area contributed by atoms with Gasteiger partial charge in [0.2, 0.25) is 0 Å². The number of para-hydroxylation sites is 1. The van der Waals surface area contributed by atoms with Crippen molar-refractivity contribution in [3.8, 4) is 5.75 Å².